The third-order valence-corrected chi connectivity index (χ3v) is 5.66. The number of nitrogens with one attached hydrogen (secondary N) is 2. The molecule has 8 heteroatoms. The van der Waals surface area contributed by atoms with E-state index in [-0.39, 0.29) is 24.0 Å². The van der Waals surface area contributed by atoms with Gasteiger partial charge in [0.1, 0.15) is 5.82 Å². The molecule has 1 unspecified atom stereocenters. The third kappa shape index (κ3) is 6.35. The minimum absolute atomic E-state index is 0. The summed E-state index contributed by atoms with van der Waals surface area (Å²) in [6, 6.07) is 4.10. The van der Waals surface area contributed by atoms with Crippen LogP contribution in [0.3, 0.4) is 0 Å². The van der Waals surface area contributed by atoms with Gasteiger partial charge in [-0.25, -0.2) is 4.98 Å². The summed E-state index contributed by atoms with van der Waals surface area (Å²) in [7, 11) is 1.83. The van der Waals surface area contributed by atoms with Crippen LogP contribution in [0.5, 0.6) is 0 Å². The van der Waals surface area contributed by atoms with Gasteiger partial charge >= 0.3 is 0 Å². The van der Waals surface area contributed by atoms with Crippen LogP contribution in [0.2, 0.25) is 5.02 Å². The number of hydrogen-bond acceptors (Lipinski definition) is 4. The topological polar surface area (TPSA) is 61.8 Å². The van der Waals surface area contributed by atoms with E-state index in [1.807, 2.05) is 26.1 Å². The highest BCUT2D eigenvalue weighted by Crippen LogP contribution is 2.48. The largest absolute Gasteiger partial charge is 0.382 e. The summed E-state index contributed by atoms with van der Waals surface area (Å²) < 4.78 is 5.52. The fourth-order valence-corrected chi connectivity index (χ4v) is 3.71. The average Bonchev–Trinajstić information content (AvgIpc) is 3.27. The summed E-state index contributed by atoms with van der Waals surface area (Å²) in [5.41, 5.74) is 0.399. The van der Waals surface area contributed by atoms with E-state index < -0.39 is 0 Å². The zero-order valence-electron chi connectivity index (χ0n) is 16.2. The maximum Gasteiger partial charge on any atom is 0.191 e. The molecule has 1 aromatic heterocycles. The van der Waals surface area contributed by atoms with Crippen molar-refractivity contribution in [3.8, 4) is 0 Å². The van der Waals surface area contributed by atoms with Gasteiger partial charge in [-0.2, -0.15) is 0 Å². The molecule has 2 heterocycles. The Labute approximate surface area is 184 Å². The van der Waals surface area contributed by atoms with Crippen LogP contribution in [0.4, 0.5) is 5.82 Å². The Kier molecular flexibility index (Phi) is 8.88. The van der Waals surface area contributed by atoms with E-state index in [0.717, 1.165) is 57.5 Å². The number of nitrogens with zero attached hydrogens (tertiary/aromatic N) is 3. The van der Waals surface area contributed by atoms with Gasteiger partial charge in [-0.05, 0) is 50.2 Å². The van der Waals surface area contributed by atoms with Crippen LogP contribution in [0.25, 0.3) is 0 Å². The molecular formula is C19H31ClIN5O. The maximum absolute atomic E-state index is 6.27. The van der Waals surface area contributed by atoms with Crippen LogP contribution < -0.4 is 15.5 Å². The van der Waals surface area contributed by atoms with E-state index >= 15 is 0 Å². The summed E-state index contributed by atoms with van der Waals surface area (Å²) in [6.45, 7) is 6.49. The van der Waals surface area contributed by atoms with E-state index in [4.69, 9.17) is 16.3 Å². The zero-order valence-corrected chi connectivity index (χ0v) is 19.3. The Morgan fingerprint density at radius 2 is 2.30 bits per heavy atom. The van der Waals surface area contributed by atoms with Crippen LogP contribution >= 0.6 is 35.6 Å². The first-order chi connectivity index (χ1) is 12.7. The van der Waals surface area contributed by atoms with Crippen LogP contribution in [-0.4, -0.2) is 56.9 Å². The van der Waals surface area contributed by atoms with Crippen LogP contribution in [0, 0.1) is 5.41 Å². The monoisotopic (exact) mass is 507 g/mol. The SMILES string of the molecule is CCOCCC1(CNC(=NC)NC2CCN(c3ncccc3Cl)C2)CC1.I. The molecule has 1 aromatic rings. The number of hydrogen-bond donors (Lipinski definition) is 2. The van der Waals surface area contributed by atoms with Crippen molar-refractivity contribution in [1.82, 2.24) is 15.6 Å². The summed E-state index contributed by atoms with van der Waals surface area (Å²) in [5, 5.41) is 7.77. The number of anilines is 1. The first-order valence-corrected chi connectivity index (χ1v) is 9.94. The lowest BCUT2D eigenvalue weighted by atomic mass is 10.0. The molecule has 0 radical (unpaired) electrons. The lowest BCUT2D eigenvalue weighted by Crippen LogP contribution is -2.46. The molecule has 2 fully saturated rings. The van der Waals surface area contributed by atoms with Crippen LogP contribution in [0.1, 0.15) is 32.6 Å². The highest BCUT2D eigenvalue weighted by Gasteiger charge is 2.42. The molecule has 1 aliphatic heterocycles. The molecule has 1 saturated carbocycles. The molecule has 152 valence electrons. The molecule has 3 rings (SSSR count). The van der Waals surface area contributed by atoms with Gasteiger partial charge in [0.2, 0.25) is 0 Å². The number of halogens is 2. The van der Waals surface area contributed by atoms with E-state index in [2.05, 4.69) is 25.5 Å². The van der Waals surface area contributed by atoms with Gasteiger partial charge in [0, 0.05) is 52.1 Å². The predicted molar refractivity (Wildman–Crippen MR) is 123 cm³/mol. The van der Waals surface area contributed by atoms with Crippen molar-refractivity contribution in [3.63, 3.8) is 0 Å². The van der Waals surface area contributed by atoms with Gasteiger partial charge in [-0.3, -0.25) is 4.99 Å². The van der Waals surface area contributed by atoms with Crippen molar-refractivity contribution in [2.45, 2.75) is 38.6 Å². The quantitative estimate of drug-likeness (QED) is 0.245. The molecule has 1 aliphatic carbocycles. The number of aromatic nitrogens is 1. The highest BCUT2D eigenvalue weighted by atomic mass is 127. The van der Waals surface area contributed by atoms with E-state index in [9.17, 15) is 0 Å². The minimum atomic E-state index is 0. The minimum Gasteiger partial charge on any atom is -0.382 e. The molecule has 0 bridgehead atoms. The molecule has 0 spiro atoms. The molecule has 1 saturated heterocycles. The Balaban J connectivity index is 0.00000261. The van der Waals surface area contributed by atoms with Crippen molar-refractivity contribution >= 4 is 47.4 Å². The van der Waals surface area contributed by atoms with E-state index in [1.165, 1.54) is 12.8 Å². The Morgan fingerprint density at radius 3 is 2.96 bits per heavy atom. The number of rotatable bonds is 8. The van der Waals surface area contributed by atoms with Gasteiger partial charge in [0.15, 0.2) is 5.96 Å². The zero-order chi connectivity index (χ0) is 18.4. The van der Waals surface area contributed by atoms with Crippen molar-refractivity contribution in [2.75, 3.05) is 44.8 Å². The summed E-state index contributed by atoms with van der Waals surface area (Å²) in [5.74, 6) is 1.75. The van der Waals surface area contributed by atoms with Crippen LogP contribution in [0.15, 0.2) is 23.3 Å². The Morgan fingerprint density at radius 1 is 1.48 bits per heavy atom. The number of aliphatic imine (C=N–C) groups is 1. The summed E-state index contributed by atoms with van der Waals surface area (Å²) in [6.07, 6.45) is 6.52. The maximum atomic E-state index is 6.27. The first kappa shape index (κ1) is 22.5. The van der Waals surface area contributed by atoms with Gasteiger partial charge in [-0.1, -0.05) is 11.6 Å². The Bertz CT molecular complexity index is 626. The second-order valence-corrected chi connectivity index (χ2v) is 7.66. The van der Waals surface area contributed by atoms with E-state index in [0.29, 0.717) is 16.5 Å². The van der Waals surface area contributed by atoms with Crippen molar-refractivity contribution in [1.29, 1.82) is 0 Å². The van der Waals surface area contributed by atoms with Crippen molar-refractivity contribution < 1.29 is 4.74 Å². The average molecular weight is 508 g/mol. The summed E-state index contributed by atoms with van der Waals surface area (Å²) >= 11 is 6.27. The van der Waals surface area contributed by atoms with Gasteiger partial charge in [0.05, 0.1) is 5.02 Å². The van der Waals surface area contributed by atoms with Gasteiger partial charge in [-0.15, -0.1) is 24.0 Å². The smallest absolute Gasteiger partial charge is 0.191 e. The molecule has 0 aromatic carbocycles. The Hall–Kier alpha value is -0.800. The summed E-state index contributed by atoms with van der Waals surface area (Å²) in [4.78, 5) is 11.0. The fraction of sp³-hybridized carbons (Fsp3) is 0.684. The fourth-order valence-electron chi connectivity index (χ4n) is 3.46. The molecule has 6 nitrogen and oxygen atoms in total. The van der Waals surface area contributed by atoms with Crippen molar-refractivity contribution in [2.24, 2.45) is 10.4 Å². The van der Waals surface area contributed by atoms with Gasteiger partial charge in [0.25, 0.3) is 0 Å². The molecule has 27 heavy (non-hydrogen) atoms. The number of pyridine rings is 1. The van der Waals surface area contributed by atoms with Gasteiger partial charge < -0.3 is 20.3 Å². The highest BCUT2D eigenvalue weighted by molar-refractivity contribution is 14.0. The number of ether oxygens (including phenoxy) is 1. The predicted octanol–water partition coefficient (Wildman–Crippen LogP) is 3.30. The second kappa shape index (κ2) is 10.7. The first-order valence-electron chi connectivity index (χ1n) is 9.56. The molecular weight excluding hydrogens is 477 g/mol. The molecule has 1 atom stereocenters. The van der Waals surface area contributed by atoms with Crippen LogP contribution in [-0.2, 0) is 4.74 Å². The lowest BCUT2D eigenvalue weighted by molar-refractivity contribution is 0.128. The standard InChI is InChI=1S/C19H30ClN5O.HI/c1-3-26-12-9-19(7-8-19)14-23-18(21-2)24-15-6-11-25(13-15)17-16(20)5-4-10-22-17;/h4-5,10,15H,3,6-9,11-14H2,1-2H3,(H2,21,23,24);1H. The lowest BCUT2D eigenvalue weighted by Gasteiger charge is -2.22. The normalized spacial score (nSPS) is 20.9. The third-order valence-electron chi connectivity index (χ3n) is 5.36. The van der Waals surface area contributed by atoms with E-state index in [1.54, 1.807) is 6.20 Å². The number of guanidine groups is 1. The molecule has 2 aliphatic rings. The van der Waals surface area contributed by atoms with Crippen molar-refractivity contribution in [3.05, 3.63) is 23.4 Å². The molecule has 2 N–H and O–H groups in total. The molecule has 0 amide bonds. The second-order valence-electron chi connectivity index (χ2n) is 7.26.